The van der Waals surface area contributed by atoms with E-state index in [-0.39, 0.29) is 10.8 Å². The molecule has 3 rings (SSSR count). The Hall–Kier alpha value is -1.09. The third kappa shape index (κ3) is 3.46. The summed E-state index contributed by atoms with van der Waals surface area (Å²) in [5.41, 5.74) is 7.55. The van der Waals surface area contributed by atoms with E-state index in [0.29, 0.717) is 0 Å². The van der Waals surface area contributed by atoms with Crippen molar-refractivity contribution in [1.82, 2.24) is 0 Å². The van der Waals surface area contributed by atoms with E-state index in [2.05, 4.69) is 106 Å². The van der Waals surface area contributed by atoms with Gasteiger partial charge in [-0.15, -0.1) is 0 Å². The van der Waals surface area contributed by atoms with Crippen LogP contribution in [0, 0.1) is 3.57 Å². The van der Waals surface area contributed by atoms with E-state index in [9.17, 15) is 0 Å². The van der Waals surface area contributed by atoms with Gasteiger partial charge in [0.1, 0.15) is 0 Å². The smallest absolute Gasteiger partial charge is 0.0130 e. The maximum atomic E-state index is 2.42. The van der Waals surface area contributed by atoms with Crippen LogP contribution in [0.4, 0.5) is 0 Å². The van der Waals surface area contributed by atoms with Crippen LogP contribution in [0.15, 0.2) is 42.5 Å². The standard InChI is InChI=1S/C23H27I/c1-16(18-7-9-19(24)10-8-18)14-17-6-11-20-21(15-17)23(4,5)13-12-22(20,2)3/h6-11,14-15H,12-13H2,1-5H3/b16-14+. The van der Waals surface area contributed by atoms with Crippen LogP contribution < -0.4 is 0 Å². The quantitative estimate of drug-likeness (QED) is 0.349. The second-order valence-corrected chi connectivity index (χ2v) is 9.65. The van der Waals surface area contributed by atoms with Crippen molar-refractivity contribution in [3.8, 4) is 0 Å². The molecule has 126 valence electrons. The van der Waals surface area contributed by atoms with Gasteiger partial charge in [-0.25, -0.2) is 0 Å². The molecule has 0 radical (unpaired) electrons. The average molecular weight is 430 g/mol. The number of hydrogen-bond acceptors (Lipinski definition) is 0. The zero-order valence-electron chi connectivity index (χ0n) is 15.4. The van der Waals surface area contributed by atoms with Crippen LogP contribution in [0.2, 0.25) is 0 Å². The first-order valence-corrected chi connectivity index (χ1v) is 9.86. The summed E-state index contributed by atoms with van der Waals surface area (Å²) in [6.07, 6.45) is 4.85. The molecule has 0 aromatic heterocycles. The zero-order chi connectivity index (χ0) is 17.5. The van der Waals surface area contributed by atoms with Crippen LogP contribution >= 0.6 is 22.6 Å². The molecule has 0 bridgehead atoms. The fourth-order valence-corrected chi connectivity index (χ4v) is 4.10. The molecule has 1 aliphatic carbocycles. The zero-order valence-corrected chi connectivity index (χ0v) is 17.6. The van der Waals surface area contributed by atoms with Gasteiger partial charge in [-0.05, 0) is 93.1 Å². The highest BCUT2D eigenvalue weighted by molar-refractivity contribution is 14.1. The largest absolute Gasteiger partial charge is 0.0576 e. The molecule has 0 amide bonds. The summed E-state index contributed by atoms with van der Waals surface area (Å²) in [6, 6.07) is 15.8. The molecule has 0 saturated carbocycles. The monoisotopic (exact) mass is 430 g/mol. The Morgan fingerprint density at radius 3 is 2.08 bits per heavy atom. The minimum Gasteiger partial charge on any atom is -0.0576 e. The number of fused-ring (bicyclic) bond motifs is 1. The first-order chi connectivity index (χ1) is 11.2. The van der Waals surface area contributed by atoms with E-state index in [4.69, 9.17) is 0 Å². The molecule has 0 unspecified atom stereocenters. The molecule has 0 saturated heterocycles. The van der Waals surface area contributed by atoms with Gasteiger partial charge in [0.2, 0.25) is 0 Å². The molecule has 0 nitrogen and oxygen atoms in total. The lowest BCUT2D eigenvalue weighted by Crippen LogP contribution is -2.33. The lowest BCUT2D eigenvalue weighted by atomic mass is 9.63. The van der Waals surface area contributed by atoms with Gasteiger partial charge in [0.25, 0.3) is 0 Å². The molecule has 0 heterocycles. The Morgan fingerprint density at radius 1 is 0.875 bits per heavy atom. The first-order valence-electron chi connectivity index (χ1n) is 8.78. The highest BCUT2D eigenvalue weighted by atomic mass is 127. The summed E-state index contributed by atoms with van der Waals surface area (Å²) in [7, 11) is 0. The molecular weight excluding hydrogens is 403 g/mol. The van der Waals surface area contributed by atoms with Gasteiger partial charge in [-0.1, -0.05) is 64.1 Å². The highest BCUT2D eigenvalue weighted by Gasteiger charge is 2.36. The van der Waals surface area contributed by atoms with Crippen LogP contribution in [0.25, 0.3) is 11.6 Å². The molecule has 1 aliphatic rings. The third-order valence-electron chi connectivity index (χ3n) is 5.56. The Kier molecular flexibility index (Phi) is 4.67. The number of benzene rings is 2. The van der Waals surface area contributed by atoms with Crippen LogP contribution in [0.5, 0.6) is 0 Å². The number of halogens is 1. The summed E-state index contributed by atoms with van der Waals surface area (Å²) in [6.45, 7) is 11.7. The van der Waals surface area contributed by atoms with Gasteiger partial charge >= 0.3 is 0 Å². The van der Waals surface area contributed by atoms with E-state index in [1.165, 1.54) is 44.2 Å². The second-order valence-electron chi connectivity index (χ2n) is 8.41. The highest BCUT2D eigenvalue weighted by Crippen LogP contribution is 2.46. The van der Waals surface area contributed by atoms with Crippen LogP contribution in [-0.4, -0.2) is 0 Å². The summed E-state index contributed by atoms with van der Waals surface area (Å²) < 4.78 is 1.28. The molecule has 0 fully saturated rings. The lowest BCUT2D eigenvalue weighted by Gasteiger charge is -2.42. The maximum absolute atomic E-state index is 2.42. The molecular formula is C23H27I. The first kappa shape index (κ1) is 17.7. The Morgan fingerprint density at radius 2 is 1.46 bits per heavy atom. The molecule has 2 aromatic carbocycles. The van der Waals surface area contributed by atoms with Gasteiger partial charge < -0.3 is 0 Å². The van der Waals surface area contributed by atoms with Gasteiger partial charge in [-0.3, -0.25) is 0 Å². The molecule has 0 atom stereocenters. The van der Waals surface area contributed by atoms with Crippen molar-refractivity contribution >= 4 is 34.2 Å². The van der Waals surface area contributed by atoms with E-state index < -0.39 is 0 Å². The predicted octanol–water partition coefficient (Wildman–Crippen LogP) is 7.20. The molecule has 2 aromatic rings. The van der Waals surface area contributed by atoms with Gasteiger partial charge in [0.05, 0.1) is 0 Å². The van der Waals surface area contributed by atoms with E-state index in [1.54, 1.807) is 0 Å². The van der Waals surface area contributed by atoms with Crippen molar-refractivity contribution in [3.05, 3.63) is 68.3 Å². The lowest BCUT2D eigenvalue weighted by molar-refractivity contribution is 0.332. The maximum Gasteiger partial charge on any atom is 0.0130 e. The van der Waals surface area contributed by atoms with Gasteiger partial charge in [0.15, 0.2) is 0 Å². The fraction of sp³-hybridized carbons (Fsp3) is 0.391. The summed E-state index contributed by atoms with van der Waals surface area (Å²) in [5, 5.41) is 0. The Bertz CT molecular complexity index is 776. The second kappa shape index (κ2) is 6.33. The van der Waals surface area contributed by atoms with Gasteiger partial charge in [0, 0.05) is 3.57 Å². The topological polar surface area (TPSA) is 0 Å². The van der Waals surface area contributed by atoms with Crippen molar-refractivity contribution in [3.63, 3.8) is 0 Å². The van der Waals surface area contributed by atoms with Crippen molar-refractivity contribution in [2.24, 2.45) is 0 Å². The predicted molar refractivity (Wildman–Crippen MR) is 114 cm³/mol. The van der Waals surface area contributed by atoms with Crippen molar-refractivity contribution < 1.29 is 0 Å². The molecule has 0 spiro atoms. The van der Waals surface area contributed by atoms with Crippen molar-refractivity contribution in [1.29, 1.82) is 0 Å². The molecule has 24 heavy (non-hydrogen) atoms. The van der Waals surface area contributed by atoms with E-state index in [1.807, 2.05) is 0 Å². The van der Waals surface area contributed by atoms with Crippen LogP contribution in [0.3, 0.4) is 0 Å². The number of hydrogen-bond donors (Lipinski definition) is 0. The molecule has 0 N–H and O–H groups in total. The number of allylic oxidation sites excluding steroid dienone is 1. The van der Waals surface area contributed by atoms with Crippen molar-refractivity contribution in [2.45, 2.75) is 58.3 Å². The fourth-order valence-electron chi connectivity index (χ4n) is 3.74. The SMILES string of the molecule is C/C(=C\c1ccc2c(c1)C(C)(C)CCC2(C)C)c1ccc(I)cc1. The van der Waals surface area contributed by atoms with E-state index >= 15 is 0 Å². The van der Waals surface area contributed by atoms with Crippen LogP contribution in [0.1, 0.15) is 69.7 Å². The average Bonchev–Trinajstić information content (AvgIpc) is 2.52. The number of rotatable bonds is 2. The molecule has 1 heteroatoms. The molecule has 0 aliphatic heterocycles. The summed E-state index contributed by atoms with van der Waals surface area (Å²) in [4.78, 5) is 0. The minimum absolute atomic E-state index is 0.269. The summed E-state index contributed by atoms with van der Waals surface area (Å²) in [5.74, 6) is 0. The third-order valence-corrected chi connectivity index (χ3v) is 6.28. The van der Waals surface area contributed by atoms with Crippen LogP contribution in [-0.2, 0) is 10.8 Å². The van der Waals surface area contributed by atoms with E-state index in [0.717, 1.165) is 0 Å². The van der Waals surface area contributed by atoms with Gasteiger partial charge in [-0.2, -0.15) is 0 Å². The normalized spacial score (nSPS) is 19.0. The Labute approximate surface area is 160 Å². The summed E-state index contributed by atoms with van der Waals surface area (Å²) >= 11 is 2.35. The minimum atomic E-state index is 0.269. The Balaban J connectivity index is 2.02. The van der Waals surface area contributed by atoms with Crippen molar-refractivity contribution in [2.75, 3.05) is 0 Å².